The van der Waals surface area contributed by atoms with E-state index < -0.39 is 10.0 Å². The third kappa shape index (κ3) is 6.07. The second-order valence-corrected chi connectivity index (χ2v) is 9.74. The average molecular weight is 477 g/mol. The van der Waals surface area contributed by atoms with Gasteiger partial charge in [0.25, 0.3) is 0 Å². The minimum Gasteiger partial charge on any atom is -0.322 e. The Morgan fingerprint density at radius 2 is 1.59 bits per heavy atom. The molecule has 0 spiro atoms. The van der Waals surface area contributed by atoms with Crippen LogP contribution in [0.1, 0.15) is 12.8 Å². The second kappa shape index (κ2) is 9.64. The number of sulfonamides is 1. The molecule has 6 nitrogen and oxygen atoms in total. The van der Waals surface area contributed by atoms with Crippen molar-refractivity contribution in [1.29, 1.82) is 0 Å². The predicted octanol–water partition coefficient (Wildman–Crippen LogP) is 4.03. The first kappa shape index (κ1) is 22.3. The molecule has 2 N–H and O–H groups in total. The standard InChI is InChI=1S/C19H20Cl3N3O3S/c20-13-4-6-15(7-5-13)29(27,28)24-14-8-10-25(11-9-14)12-18(26)23-19-16(21)2-1-3-17(19)22/h1-7,14,24H,8-12H2,(H,23,26). The Hall–Kier alpha value is -1.35. The van der Waals surface area contributed by atoms with Gasteiger partial charge in [0.15, 0.2) is 0 Å². The van der Waals surface area contributed by atoms with Crippen molar-refractivity contribution in [2.75, 3.05) is 25.0 Å². The zero-order valence-corrected chi connectivity index (χ0v) is 18.5. The van der Waals surface area contributed by atoms with Crippen LogP contribution in [0, 0.1) is 0 Å². The molecule has 1 amide bonds. The van der Waals surface area contributed by atoms with Crippen LogP contribution in [0.3, 0.4) is 0 Å². The van der Waals surface area contributed by atoms with Gasteiger partial charge in [-0.05, 0) is 49.2 Å². The molecule has 1 heterocycles. The number of likely N-dealkylation sites (tertiary alicyclic amines) is 1. The molecule has 29 heavy (non-hydrogen) atoms. The van der Waals surface area contributed by atoms with Crippen LogP contribution in [0.5, 0.6) is 0 Å². The molecule has 0 bridgehead atoms. The quantitative estimate of drug-likeness (QED) is 0.660. The maximum Gasteiger partial charge on any atom is 0.240 e. The first-order chi connectivity index (χ1) is 13.7. The summed E-state index contributed by atoms with van der Waals surface area (Å²) in [6.45, 7) is 1.37. The second-order valence-electron chi connectivity index (χ2n) is 6.77. The number of para-hydroxylation sites is 1. The fraction of sp³-hybridized carbons (Fsp3) is 0.316. The maximum atomic E-state index is 12.5. The number of benzene rings is 2. The van der Waals surface area contributed by atoms with E-state index in [-0.39, 0.29) is 23.4 Å². The Balaban J connectivity index is 1.50. The lowest BCUT2D eigenvalue weighted by Gasteiger charge is -2.31. The van der Waals surface area contributed by atoms with Crippen molar-refractivity contribution in [3.05, 3.63) is 57.5 Å². The van der Waals surface area contributed by atoms with E-state index in [1.807, 2.05) is 4.90 Å². The lowest BCUT2D eigenvalue weighted by molar-refractivity contribution is -0.117. The van der Waals surface area contributed by atoms with Crippen LogP contribution < -0.4 is 10.0 Å². The summed E-state index contributed by atoms with van der Waals surface area (Å²) in [5.74, 6) is -0.222. The van der Waals surface area contributed by atoms with Crippen LogP contribution in [0.25, 0.3) is 0 Å². The van der Waals surface area contributed by atoms with Crippen molar-refractivity contribution in [1.82, 2.24) is 9.62 Å². The minimum absolute atomic E-state index is 0.179. The molecule has 1 aliphatic heterocycles. The lowest BCUT2D eigenvalue weighted by Crippen LogP contribution is -2.46. The number of nitrogens with zero attached hydrogens (tertiary/aromatic N) is 1. The molecule has 0 unspecified atom stereocenters. The Kier molecular flexibility index (Phi) is 7.42. The number of anilines is 1. The van der Waals surface area contributed by atoms with Crippen molar-refractivity contribution in [2.24, 2.45) is 0 Å². The monoisotopic (exact) mass is 475 g/mol. The molecule has 1 saturated heterocycles. The van der Waals surface area contributed by atoms with Crippen molar-refractivity contribution in [3.8, 4) is 0 Å². The van der Waals surface area contributed by atoms with Gasteiger partial charge in [-0.25, -0.2) is 13.1 Å². The average Bonchev–Trinajstić information content (AvgIpc) is 2.66. The van der Waals surface area contributed by atoms with Gasteiger partial charge in [0, 0.05) is 24.2 Å². The number of carbonyl (C=O) groups excluding carboxylic acids is 1. The predicted molar refractivity (Wildman–Crippen MR) is 116 cm³/mol. The van der Waals surface area contributed by atoms with Gasteiger partial charge in [-0.1, -0.05) is 40.9 Å². The van der Waals surface area contributed by atoms with Crippen molar-refractivity contribution >= 4 is 56.4 Å². The number of rotatable bonds is 6. The molecule has 1 aliphatic rings. The van der Waals surface area contributed by atoms with Crippen molar-refractivity contribution in [2.45, 2.75) is 23.8 Å². The third-order valence-corrected chi connectivity index (χ3v) is 7.05. The highest BCUT2D eigenvalue weighted by Gasteiger charge is 2.25. The number of hydrogen-bond acceptors (Lipinski definition) is 4. The first-order valence-corrected chi connectivity index (χ1v) is 11.6. The maximum absolute atomic E-state index is 12.5. The van der Waals surface area contributed by atoms with Crippen molar-refractivity contribution < 1.29 is 13.2 Å². The Morgan fingerprint density at radius 1 is 1.00 bits per heavy atom. The summed E-state index contributed by atoms with van der Waals surface area (Å²) >= 11 is 18.0. The van der Waals surface area contributed by atoms with Gasteiger partial charge >= 0.3 is 0 Å². The highest BCUT2D eigenvalue weighted by atomic mass is 35.5. The first-order valence-electron chi connectivity index (χ1n) is 8.99. The van der Waals surface area contributed by atoms with E-state index in [2.05, 4.69) is 10.0 Å². The number of nitrogens with one attached hydrogen (secondary N) is 2. The van der Waals surface area contributed by atoms with Crippen LogP contribution in [-0.2, 0) is 14.8 Å². The van der Waals surface area contributed by atoms with Gasteiger partial charge in [-0.3, -0.25) is 9.69 Å². The SMILES string of the molecule is O=C(CN1CCC(NS(=O)(=O)c2ccc(Cl)cc2)CC1)Nc1c(Cl)cccc1Cl. The fourth-order valence-corrected chi connectivity index (χ4v) is 5.03. The van der Waals surface area contributed by atoms with Gasteiger partial charge in [0.1, 0.15) is 0 Å². The smallest absolute Gasteiger partial charge is 0.240 e. The van der Waals surface area contributed by atoms with Crippen LogP contribution >= 0.6 is 34.8 Å². The highest BCUT2D eigenvalue weighted by Crippen LogP contribution is 2.29. The number of amides is 1. The van der Waals surface area contributed by atoms with Crippen molar-refractivity contribution in [3.63, 3.8) is 0 Å². The normalized spacial score (nSPS) is 16.0. The van der Waals surface area contributed by atoms with E-state index in [1.165, 1.54) is 12.1 Å². The highest BCUT2D eigenvalue weighted by molar-refractivity contribution is 7.89. The molecule has 0 aromatic heterocycles. The van der Waals surface area contributed by atoms with Crippen LogP contribution in [-0.4, -0.2) is 44.9 Å². The molecule has 2 aromatic rings. The molecule has 0 atom stereocenters. The van der Waals surface area contributed by atoms with Crippen LogP contribution in [0.4, 0.5) is 5.69 Å². The molecule has 10 heteroatoms. The summed E-state index contributed by atoms with van der Waals surface area (Å²) in [5.41, 5.74) is 0.395. The van der Waals surface area contributed by atoms with E-state index in [1.54, 1.807) is 30.3 Å². The largest absolute Gasteiger partial charge is 0.322 e. The summed E-state index contributed by atoms with van der Waals surface area (Å²) in [6.07, 6.45) is 1.21. The Bertz CT molecular complexity index is 956. The summed E-state index contributed by atoms with van der Waals surface area (Å²) in [4.78, 5) is 14.5. The molecule has 3 rings (SSSR count). The van der Waals surface area contributed by atoms with Gasteiger partial charge in [-0.2, -0.15) is 0 Å². The lowest BCUT2D eigenvalue weighted by atomic mass is 10.1. The van der Waals surface area contributed by atoms with E-state index >= 15 is 0 Å². The van der Waals surface area contributed by atoms with Gasteiger partial charge in [-0.15, -0.1) is 0 Å². The molecule has 156 valence electrons. The fourth-order valence-electron chi connectivity index (χ4n) is 3.11. The molecule has 0 aliphatic carbocycles. The molecule has 0 saturated carbocycles. The topological polar surface area (TPSA) is 78.5 Å². The zero-order chi connectivity index (χ0) is 21.0. The molecular weight excluding hydrogens is 457 g/mol. The van der Waals surface area contributed by atoms with E-state index in [0.29, 0.717) is 46.7 Å². The van der Waals surface area contributed by atoms with Gasteiger partial charge in [0.2, 0.25) is 15.9 Å². The summed E-state index contributed by atoms with van der Waals surface area (Å²) in [7, 11) is -3.60. The molecular formula is C19H20Cl3N3O3S. The zero-order valence-electron chi connectivity index (χ0n) is 15.4. The molecule has 1 fully saturated rings. The molecule has 2 aromatic carbocycles. The molecule has 0 radical (unpaired) electrons. The van der Waals surface area contributed by atoms with Gasteiger partial charge < -0.3 is 5.32 Å². The Morgan fingerprint density at radius 3 is 2.17 bits per heavy atom. The minimum atomic E-state index is -3.60. The van der Waals surface area contributed by atoms with E-state index in [0.717, 1.165) is 0 Å². The number of halogens is 3. The summed E-state index contributed by atoms with van der Waals surface area (Å²) in [6, 6.07) is 10.9. The van der Waals surface area contributed by atoms with Crippen LogP contribution in [0.2, 0.25) is 15.1 Å². The number of hydrogen-bond donors (Lipinski definition) is 2. The number of piperidine rings is 1. The van der Waals surface area contributed by atoms with E-state index in [4.69, 9.17) is 34.8 Å². The van der Waals surface area contributed by atoms with E-state index in [9.17, 15) is 13.2 Å². The summed E-state index contributed by atoms with van der Waals surface area (Å²) in [5, 5.41) is 3.97. The third-order valence-electron chi connectivity index (χ3n) is 4.63. The Labute approximate surface area is 185 Å². The van der Waals surface area contributed by atoms with Gasteiger partial charge in [0.05, 0.1) is 27.2 Å². The van der Waals surface area contributed by atoms with Crippen LogP contribution in [0.15, 0.2) is 47.4 Å². The number of carbonyl (C=O) groups is 1. The summed E-state index contributed by atoms with van der Waals surface area (Å²) < 4.78 is 27.7.